The van der Waals surface area contributed by atoms with Crippen molar-refractivity contribution >= 4 is 6.29 Å². The largest absolute Gasteiger partial charge is 0.299 e. The van der Waals surface area contributed by atoms with E-state index in [0.717, 1.165) is 12.7 Å². The van der Waals surface area contributed by atoms with E-state index in [-0.39, 0.29) is 0 Å². The highest BCUT2D eigenvalue weighted by Gasteiger charge is 1.74. The molecule has 0 unspecified atom stereocenters. The molecule has 66 valence electrons. The smallest absolute Gasteiger partial charge is 0.142 e. The lowest BCUT2D eigenvalue weighted by molar-refractivity contribution is -0.104. The van der Waals surface area contributed by atoms with Crippen molar-refractivity contribution in [3.05, 3.63) is 36.5 Å². The van der Waals surface area contributed by atoms with Crippen molar-refractivity contribution in [2.45, 2.75) is 26.2 Å². The Labute approximate surface area is 74.5 Å². The summed E-state index contributed by atoms with van der Waals surface area (Å²) in [6, 6.07) is 0. The van der Waals surface area contributed by atoms with Gasteiger partial charge in [0.2, 0.25) is 0 Å². The fraction of sp³-hybridized carbons (Fsp3) is 0.364. The van der Waals surface area contributed by atoms with Gasteiger partial charge in [-0.25, -0.2) is 0 Å². The van der Waals surface area contributed by atoms with E-state index in [0.29, 0.717) is 0 Å². The van der Waals surface area contributed by atoms with Gasteiger partial charge in [0, 0.05) is 0 Å². The standard InChI is InChI=1S/C11H16O/c1-2-3-4-5-6-7-8-9-10-11-12/h5-11H,2-4H2,1H3/b6-5+,8-7+,10-9+. The summed E-state index contributed by atoms with van der Waals surface area (Å²) in [6.07, 6.45) is 15.5. The van der Waals surface area contributed by atoms with E-state index in [4.69, 9.17) is 0 Å². The van der Waals surface area contributed by atoms with Gasteiger partial charge in [-0.3, -0.25) is 4.79 Å². The Morgan fingerprint density at radius 2 is 1.67 bits per heavy atom. The van der Waals surface area contributed by atoms with Crippen LogP contribution in [-0.2, 0) is 4.79 Å². The zero-order chi connectivity index (χ0) is 9.07. The molecule has 1 nitrogen and oxygen atoms in total. The van der Waals surface area contributed by atoms with Crippen LogP contribution in [0.2, 0.25) is 0 Å². The monoisotopic (exact) mass is 164 g/mol. The van der Waals surface area contributed by atoms with Gasteiger partial charge in [-0.05, 0) is 12.5 Å². The molecule has 0 spiro atoms. The van der Waals surface area contributed by atoms with Gasteiger partial charge in [-0.2, -0.15) is 0 Å². The summed E-state index contributed by atoms with van der Waals surface area (Å²) in [6.45, 7) is 2.18. The van der Waals surface area contributed by atoms with E-state index < -0.39 is 0 Å². The molecule has 0 atom stereocenters. The Morgan fingerprint density at radius 1 is 1.00 bits per heavy atom. The molecule has 0 fully saturated rings. The highest BCUT2D eigenvalue weighted by Crippen LogP contribution is 1.94. The molecular weight excluding hydrogens is 148 g/mol. The first-order chi connectivity index (χ1) is 5.91. The minimum absolute atomic E-state index is 0.769. The number of carbonyl (C=O) groups is 1. The average molecular weight is 164 g/mol. The maximum Gasteiger partial charge on any atom is 0.142 e. The number of carbonyl (C=O) groups excluding carboxylic acids is 1. The Kier molecular flexibility index (Phi) is 8.98. The van der Waals surface area contributed by atoms with E-state index in [1.807, 2.05) is 18.2 Å². The first-order valence-corrected chi connectivity index (χ1v) is 4.35. The summed E-state index contributed by atoms with van der Waals surface area (Å²) in [5.41, 5.74) is 0. The molecule has 1 heteroatoms. The van der Waals surface area contributed by atoms with Gasteiger partial charge < -0.3 is 0 Å². The average Bonchev–Trinajstić information content (AvgIpc) is 2.10. The minimum Gasteiger partial charge on any atom is -0.299 e. The molecule has 0 N–H and O–H groups in total. The number of hydrogen-bond acceptors (Lipinski definition) is 1. The predicted molar refractivity (Wildman–Crippen MR) is 53.0 cm³/mol. The second-order valence-electron chi connectivity index (χ2n) is 2.48. The van der Waals surface area contributed by atoms with E-state index in [2.05, 4.69) is 13.0 Å². The highest BCUT2D eigenvalue weighted by atomic mass is 16.1. The molecule has 0 radical (unpaired) electrons. The third-order valence-electron chi connectivity index (χ3n) is 1.38. The summed E-state index contributed by atoms with van der Waals surface area (Å²) in [7, 11) is 0. The van der Waals surface area contributed by atoms with Gasteiger partial charge in [0.1, 0.15) is 6.29 Å². The fourth-order valence-electron chi connectivity index (χ4n) is 0.735. The molecule has 0 aliphatic rings. The lowest BCUT2D eigenvalue weighted by Gasteiger charge is -1.84. The minimum atomic E-state index is 0.769. The van der Waals surface area contributed by atoms with Gasteiger partial charge in [0.15, 0.2) is 0 Å². The maximum atomic E-state index is 9.84. The Morgan fingerprint density at radius 3 is 2.33 bits per heavy atom. The second kappa shape index (κ2) is 9.89. The molecule has 0 aromatic heterocycles. The molecule has 0 heterocycles. The van der Waals surface area contributed by atoms with Crippen LogP contribution in [0.25, 0.3) is 0 Å². The molecule has 0 aliphatic carbocycles. The Hall–Kier alpha value is -1.11. The van der Waals surface area contributed by atoms with Crippen LogP contribution in [0, 0.1) is 0 Å². The van der Waals surface area contributed by atoms with Crippen molar-refractivity contribution in [2.75, 3.05) is 0 Å². The third-order valence-corrected chi connectivity index (χ3v) is 1.38. The number of rotatable bonds is 6. The topological polar surface area (TPSA) is 17.1 Å². The molecule has 0 aliphatic heterocycles. The van der Waals surface area contributed by atoms with Crippen molar-refractivity contribution in [3.8, 4) is 0 Å². The molecule has 0 saturated carbocycles. The van der Waals surface area contributed by atoms with E-state index in [1.54, 1.807) is 6.08 Å². The van der Waals surface area contributed by atoms with Crippen LogP contribution >= 0.6 is 0 Å². The molecule has 0 saturated heterocycles. The SMILES string of the molecule is CCCC/C=C/C=C/C=C/C=O. The summed E-state index contributed by atoms with van der Waals surface area (Å²) in [5.74, 6) is 0. The van der Waals surface area contributed by atoms with Gasteiger partial charge in [0.25, 0.3) is 0 Å². The van der Waals surface area contributed by atoms with Gasteiger partial charge in [-0.15, -0.1) is 0 Å². The molecule has 0 aromatic rings. The lowest BCUT2D eigenvalue weighted by Crippen LogP contribution is -1.64. The molecule has 0 aromatic carbocycles. The highest BCUT2D eigenvalue weighted by molar-refractivity contribution is 5.65. The van der Waals surface area contributed by atoms with Crippen LogP contribution in [0.15, 0.2) is 36.5 Å². The zero-order valence-corrected chi connectivity index (χ0v) is 7.57. The number of hydrogen-bond donors (Lipinski definition) is 0. The van der Waals surface area contributed by atoms with Crippen molar-refractivity contribution < 1.29 is 4.79 Å². The van der Waals surface area contributed by atoms with Crippen molar-refractivity contribution in [1.29, 1.82) is 0 Å². The quantitative estimate of drug-likeness (QED) is 0.255. The molecule has 0 rings (SSSR count). The van der Waals surface area contributed by atoms with E-state index >= 15 is 0 Å². The van der Waals surface area contributed by atoms with Crippen LogP contribution in [0.1, 0.15) is 26.2 Å². The summed E-state index contributed by atoms with van der Waals surface area (Å²) in [4.78, 5) is 9.84. The summed E-state index contributed by atoms with van der Waals surface area (Å²) < 4.78 is 0. The van der Waals surface area contributed by atoms with Crippen LogP contribution < -0.4 is 0 Å². The van der Waals surface area contributed by atoms with Crippen LogP contribution in [0.4, 0.5) is 0 Å². The maximum absolute atomic E-state index is 9.84. The van der Waals surface area contributed by atoms with Crippen molar-refractivity contribution in [2.24, 2.45) is 0 Å². The van der Waals surface area contributed by atoms with Crippen LogP contribution in [-0.4, -0.2) is 6.29 Å². The first kappa shape index (κ1) is 10.9. The third kappa shape index (κ3) is 8.89. The Balaban J connectivity index is 3.38. The summed E-state index contributed by atoms with van der Waals surface area (Å²) in [5, 5.41) is 0. The van der Waals surface area contributed by atoms with Crippen LogP contribution in [0.3, 0.4) is 0 Å². The number of allylic oxidation sites excluding steroid dienone is 6. The molecule has 0 bridgehead atoms. The fourth-order valence-corrected chi connectivity index (χ4v) is 0.735. The lowest BCUT2D eigenvalue weighted by atomic mass is 10.2. The van der Waals surface area contributed by atoms with E-state index in [9.17, 15) is 4.79 Å². The van der Waals surface area contributed by atoms with Gasteiger partial charge in [0.05, 0.1) is 0 Å². The van der Waals surface area contributed by atoms with E-state index in [1.165, 1.54) is 18.9 Å². The molecule has 12 heavy (non-hydrogen) atoms. The van der Waals surface area contributed by atoms with Gasteiger partial charge in [-0.1, -0.05) is 50.1 Å². The van der Waals surface area contributed by atoms with Crippen molar-refractivity contribution in [1.82, 2.24) is 0 Å². The van der Waals surface area contributed by atoms with Crippen LogP contribution in [0.5, 0.6) is 0 Å². The molecule has 0 amide bonds. The zero-order valence-electron chi connectivity index (χ0n) is 7.57. The number of aldehydes is 1. The Bertz CT molecular complexity index is 175. The number of unbranched alkanes of at least 4 members (excludes halogenated alkanes) is 2. The normalized spacial score (nSPS) is 12.1. The molecular formula is C11H16O. The van der Waals surface area contributed by atoms with Gasteiger partial charge >= 0.3 is 0 Å². The second-order valence-corrected chi connectivity index (χ2v) is 2.48. The first-order valence-electron chi connectivity index (χ1n) is 4.35. The summed E-state index contributed by atoms with van der Waals surface area (Å²) >= 11 is 0. The predicted octanol–water partition coefficient (Wildman–Crippen LogP) is 3.04. The van der Waals surface area contributed by atoms with Crippen molar-refractivity contribution in [3.63, 3.8) is 0 Å².